The van der Waals surface area contributed by atoms with Crippen molar-refractivity contribution in [1.82, 2.24) is 14.9 Å². The van der Waals surface area contributed by atoms with E-state index < -0.39 is 0 Å². The molecule has 1 atom stereocenters. The highest BCUT2D eigenvalue weighted by Gasteiger charge is 2.25. The maximum Gasteiger partial charge on any atom is 0.134 e. The van der Waals surface area contributed by atoms with E-state index in [0.717, 1.165) is 37.2 Å². The Morgan fingerprint density at radius 1 is 1.32 bits per heavy atom. The van der Waals surface area contributed by atoms with Gasteiger partial charge in [-0.2, -0.15) is 0 Å². The Morgan fingerprint density at radius 2 is 2.16 bits per heavy atom. The van der Waals surface area contributed by atoms with Gasteiger partial charge in [0.2, 0.25) is 0 Å². The van der Waals surface area contributed by atoms with Gasteiger partial charge in [0.1, 0.15) is 18.0 Å². The van der Waals surface area contributed by atoms with Crippen molar-refractivity contribution in [1.29, 1.82) is 0 Å². The minimum Gasteiger partial charge on any atom is -0.370 e. The van der Waals surface area contributed by atoms with Gasteiger partial charge >= 0.3 is 0 Å². The molecule has 1 aromatic heterocycles. The molecule has 1 N–H and O–H groups in total. The SMILES string of the molecule is CN(C)[C@@H]1CCN(c2cc(NCC3CC3)ncn2)C1. The van der Waals surface area contributed by atoms with Crippen LogP contribution < -0.4 is 10.2 Å². The van der Waals surface area contributed by atoms with Gasteiger partial charge in [-0.25, -0.2) is 9.97 Å². The molecule has 1 saturated carbocycles. The van der Waals surface area contributed by atoms with Crippen LogP contribution in [0.5, 0.6) is 0 Å². The third-order valence-corrected chi connectivity index (χ3v) is 4.14. The number of nitrogens with zero attached hydrogens (tertiary/aromatic N) is 4. The summed E-state index contributed by atoms with van der Waals surface area (Å²) in [7, 11) is 4.30. The van der Waals surface area contributed by atoms with Crippen molar-refractivity contribution in [3.63, 3.8) is 0 Å². The molecule has 104 valence electrons. The van der Waals surface area contributed by atoms with E-state index in [1.165, 1.54) is 19.3 Å². The van der Waals surface area contributed by atoms with E-state index in [-0.39, 0.29) is 0 Å². The highest BCUT2D eigenvalue weighted by molar-refractivity contribution is 5.49. The summed E-state index contributed by atoms with van der Waals surface area (Å²) in [6.45, 7) is 3.20. The monoisotopic (exact) mass is 261 g/mol. The zero-order valence-corrected chi connectivity index (χ0v) is 11.8. The topological polar surface area (TPSA) is 44.3 Å². The van der Waals surface area contributed by atoms with E-state index in [2.05, 4.69) is 45.2 Å². The van der Waals surface area contributed by atoms with Crippen LogP contribution in [-0.2, 0) is 0 Å². The summed E-state index contributed by atoms with van der Waals surface area (Å²) in [5, 5.41) is 3.42. The molecular weight excluding hydrogens is 238 g/mol. The summed E-state index contributed by atoms with van der Waals surface area (Å²) in [6, 6.07) is 2.72. The van der Waals surface area contributed by atoms with E-state index in [9.17, 15) is 0 Å². The zero-order valence-electron chi connectivity index (χ0n) is 11.8. The Morgan fingerprint density at radius 3 is 2.84 bits per heavy atom. The largest absolute Gasteiger partial charge is 0.370 e. The van der Waals surface area contributed by atoms with Gasteiger partial charge < -0.3 is 15.1 Å². The number of rotatable bonds is 5. The highest BCUT2D eigenvalue weighted by Crippen LogP contribution is 2.29. The summed E-state index contributed by atoms with van der Waals surface area (Å²) in [4.78, 5) is 13.4. The summed E-state index contributed by atoms with van der Waals surface area (Å²) in [5.74, 6) is 2.88. The van der Waals surface area contributed by atoms with Crippen LogP contribution in [-0.4, -0.2) is 54.6 Å². The van der Waals surface area contributed by atoms with Gasteiger partial charge in [-0.15, -0.1) is 0 Å². The van der Waals surface area contributed by atoms with Crippen LogP contribution in [0.4, 0.5) is 11.6 Å². The van der Waals surface area contributed by atoms with Crippen molar-refractivity contribution in [2.24, 2.45) is 5.92 Å². The van der Waals surface area contributed by atoms with Gasteiger partial charge in [0, 0.05) is 31.7 Å². The molecule has 5 nitrogen and oxygen atoms in total. The number of hydrogen-bond acceptors (Lipinski definition) is 5. The lowest BCUT2D eigenvalue weighted by Crippen LogP contribution is -2.31. The molecule has 1 aromatic rings. The number of anilines is 2. The minimum absolute atomic E-state index is 0.637. The minimum atomic E-state index is 0.637. The van der Waals surface area contributed by atoms with Crippen LogP contribution in [0.1, 0.15) is 19.3 Å². The average Bonchev–Trinajstić information content (AvgIpc) is 3.10. The Bertz CT molecular complexity index is 430. The Labute approximate surface area is 115 Å². The molecule has 5 heteroatoms. The maximum absolute atomic E-state index is 4.41. The first kappa shape index (κ1) is 12.7. The predicted molar refractivity (Wildman–Crippen MR) is 77.6 cm³/mol. The third kappa shape index (κ3) is 3.15. The average molecular weight is 261 g/mol. The molecule has 0 unspecified atom stereocenters. The second kappa shape index (κ2) is 5.33. The van der Waals surface area contributed by atoms with Crippen LogP contribution in [0, 0.1) is 5.92 Å². The summed E-state index contributed by atoms with van der Waals surface area (Å²) >= 11 is 0. The molecule has 3 rings (SSSR count). The van der Waals surface area contributed by atoms with Gasteiger partial charge in [-0.1, -0.05) is 0 Å². The molecule has 2 aliphatic rings. The van der Waals surface area contributed by atoms with Crippen molar-refractivity contribution < 1.29 is 0 Å². The number of likely N-dealkylation sites (N-methyl/N-ethyl adjacent to an activating group) is 1. The maximum atomic E-state index is 4.41. The molecule has 1 aliphatic carbocycles. The quantitative estimate of drug-likeness (QED) is 0.869. The Balaban J connectivity index is 1.62. The van der Waals surface area contributed by atoms with Crippen LogP contribution in [0.25, 0.3) is 0 Å². The van der Waals surface area contributed by atoms with Crippen LogP contribution >= 0.6 is 0 Å². The summed E-state index contributed by atoms with van der Waals surface area (Å²) in [6.07, 6.45) is 5.61. The van der Waals surface area contributed by atoms with Crippen LogP contribution in [0.15, 0.2) is 12.4 Å². The van der Waals surface area contributed by atoms with Crippen molar-refractivity contribution >= 4 is 11.6 Å². The number of hydrogen-bond donors (Lipinski definition) is 1. The van der Waals surface area contributed by atoms with E-state index in [1.54, 1.807) is 6.33 Å². The van der Waals surface area contributed by atoms with Gasteiger partial charge in [0.15, 0.2) is 0 Å². The molecule has 0 bridgehead atoms. The molecule has 19 heavy (non-hydrogen) atoms. The summed E-state index contributed by atoms with van der Waals surface area (Å²) in [5.41, 5.74) is 0. The second-order valence-corrected chi connectivity index (χ2v) is 5.94. The number of aromatic nitrogens is 2. The molecule has 0 radical (unpaired) electrons. The normalized spacial score (nSPS) is 23.1. The fourth-order valence-corrected chi connectivity index (χ4v) is 2.56. The molecule has 2 heterocycles. The van der Waals surface area contributed by atoms with Gasteiger partial charge in [-0.05, 0) is 39.3 Å². The third-order valence-electron chi connectivity index (χ3n) is 4.14. The lowest BCUT2D eigenvalue weighted by Gasteiger charge is -2.21. The first-order valence-electron chi connectivity index (χ1n) is 7.19. The molecule has 1 aliphatic heterocycles. The van der Waals surface area contributed by atoms with E-state index in [4.69, 9.17) is 0 Å². The molecule has 0 aromatic carbocycles. The fraction of sp³-hybridized carbons (Fsp3) is 0.714. The van der Waals surface area contributed by atoms with Crippen LogP contribution in [0.3, 0.4) is 0 Å². The lowest BCUT2D eigenvalue weighted by molar-refractivity contribution is 0.315. The molecule has 0 spiro atoms. The first-order chi connectivity index (χ1) is 9.22. The van der Waals surface area contributed by atoms with Gasteiger partial charge in [-0.3, -0.25) is 0 Å². The summed E-state index contributed by atoms with van der Waals surface area (Å²) < 4.78 is 0. The lowest BCUT2D eigenvalue weighted by atomic mass is 10.2. The fourth-order valence-electron chi connectivity index (χ4n) is 2.56. The van der Waals surface area contributed by atoms with Crippen molar-refractivity contribution in [3.8, 4) is 0 Å². The van der Waals surface area contributed by atoms with Crippen molar-refractivity contribution in [3.05, 3.63) is 12.4 Å². The van der Waals surface area contributed by atoms with E-state index in [1.807, 2.05) is 0 Å². The first-order valence-corrected chi connectivity index (χ1v) is 7.19. The second-order valence-electron chi connectivity index (χ2n) is 5.94. The molecular formula is C14H23N5. The van der Waals surface area contributed by atoms with Crippen molar-refractivity contribution in [2.45, 2.75) is 25.3 Å². The zero-order chi connectivity index (χ0) is 13.2. The van der Waals surface area contributed by atoms with E-state index in [0.29, 0.717) is 6.04 Å². The van der Waals surface area contributed by atoms with Gasteiger partial charge in [0.25, 0.3) is 0 Å². The smallest absolute Gasteiger partial charge is 0.134 e. The van der Waals surface area contributed by atoms with E-state index >= 15 is 0 Å². The van der Waals surface area contributed by atoms with Gasteiger partial charge in [0.05, 0.1) is 0 Å². The molecule has 1 saturated heterocycles. The van der Waals surface area contributed by atoms with Crippen LogP contribution in [0.2, 0.25) is 0 Å². The highest BCUT2D eigenvalue weighted by atomic mass is 15.3. The molecule has 2 fully saturated rings. The van der Waals surface area contributed by atoms with Crippen molar-refractivity contribution in [2.75, 3.05) is 43.9 Å². The Hall–Kier alpha value is -1.36. The molecule has 0 amide bonds. The Kier molecular flexibility index (Phi) is 3.55. The standard InChI is InChI=1S/C14H23N5/c1-18(2)12-5-6-19(9-12)14-7-13(16-10-17-14)15-8-11-3-4-11/h7,10-12H,3-6,8-9H2,1-2H3,(H,15,16,17)/t12-/m1/s1. The predicted octanol–water partition coefficient (Wildman–Crippen LogP) is 1.44. The number of nitrogens with one attached hydrogen (secondary N) is 1.